The van der Waals surface area contributed by atoms with Crippen molar-refractivity contribution in [1.82, 2.24) is 9.78 Å². The molecule has 0 saturated carbocycles. The van der Waals surface area contributed by atoms with Crippen molar-refractivity contribution in [3.05, 3.63) is 45.7 Å². The van der Waals surface area contributed by atoms with Gasteiger partial charge in [0.2, 0.25) is 0 Å². The van der Waals surface area contributed by atoms with Crippen LogP contribution in [0.1, 0.15) is 0 Å². The van der Waals surface area contributed by atoms with Crippen molar-refractivity contribution in [3.8, 4) is 11.3 Å². The molecule has 82 valence electrons. The largest absolute Gasteiger partial charge is 0.394 e. The Bertz CT molecular complexity index is 549. The first-order valence-corrected chi connectivity index (χ1v) is 5.05. The van der Waals surface area contributed by atoms with Gasteiger partial charge in [-0.2, -0.15) is 5.10 Å². The van der Waals surface area contributed by atoms with E-state index >= 15 is 0 Å². The van der Waals surface area contributed by atoms with E-state index in [1.54, 1.807) is 25.2 Å². The zero-order valence-corrected chi connectivity index (χ0v) is 9.40. The van der Waals surface area contributed by atoms with E-state index in [2.05, 4.69) is 5.10 Å². The maximum Gasteiger partial charge on any atom is 0.289 e. The first kappa shape index (κ1) is 10.7. The van der Waals surface area contributed by atoms with Gasteiger partial charge >= 0.3 is 0 Å². The second kappa shape index (κ2) is 3.98. The summed E-state index contributed by atoms with van der Waals surface area (Å²) in [5, 5.41) is 4.77. The molecular weight excluding hydrogens is 226 g/mol. The van der Waals surface area contributed by atoms with Gasteiger partial charge in [0.15, 0.2) is 0 Å². The molecule has 2 rings (SSSR count). The van der Waals surface area contributed by atoms with Crippen molar-refractivity contribution < 1.29 is 0 Å². The fraction of sp³-hybridized carbons (Fsp3) is 0.0909. The van der Waals surface area contributed by atoms with Gasteiger partial charge in [-0.15, -0.1) is 0 Å². The molecule has 1 aromatic carbocycles. The molecule has 0 aliphatic carbocycles. The molecule has 0 aliphatic heterocycles. The predicted octanol–water partition coefficient (Wildman–Crippen LogP) is 1.68. The van der Waals surface area contributed by atoms with Crippen molar-refractivity contribution in [2.45, 2.75) is 0 Å². The Labute approximate surface area is 97.3 Å². The van der Waals surface area contributed by atoms with Crippen LogP contribution in [-0.4, -0.2) is 9.78 Å². The number of nitrogens with zero attached hydrogens (tertiary/aromatic N) is 2. The first-order chi connectivity index (χ1) is 7.58. The highest BCUT2D eigenvalue weighted by molar-refractivity contribution is 6.30. The number of nitrogens with two attached hydrogens (primary N) is 1. The number of nitrogen functional groups attached to an aromatic ring is 1. The summed E-state index contributed by atoms with van der Waals surface area (Å²) in [6.07, 6.45) is 0. The molecule has 0 bridgehead atoms. The van der Waals surface area contributed by atoms with Crippen LogP contribution in [0.5, 0.6) is 0 Å². The molecule has 2 aromatic rings. The summed E-state index contributed by atoms with van der Waals surface area (Å²) in [4.78, 5) is 11.4. The van der Waals surface area contributed by atoms with Gasteiger partial charge in [-0.1, -0.05) is 23.7 Å². The maximum absolute atomic E-state index is 11.4. The molecule has 0 unspecified atom stereocenters. The van der Waals surface area contributed by atoms with Crippen molar-refractivity contribution in [3.63, 3.8) is 0 Å². The van der Waals surface area contributed by atoms with Crippen LogP contribution in [0.25, 0.3) is 11.3 Å². The van der Waals surface area contributed by atoms with Crippen molar-refractivity contribution in [2.24, 2.45) is 7.05 Å². The second-order valence-electron chi connectivity index (χ2n) is 3.42. The molecule has 1 aromatic heterocycles. The van der Waals surface area contributed by atoms with Crippen molar-refractivity contribution >= 4 is 17.3 Å². The highest BCUT2D eigenvalue weighted by Crippen LogP contribution is 2.19. The Morgan fingerprint density at radius 2 is 1.94 bits per heavy atom. The lowest BCUT2D eigenvalue weighted by Gasteiger charge is -2.04. The van der Waals surface area contributed by atoms with E-state index in [0.29, 0.717) is 10.7 Å². The number of benzene rings is 1. The van der Waals surface area contributed by atoms with Crippen LogP contribution in [-0.2, 0) is 7.05 Å². The molecule has 0 radical (unpaired) electrons. The van der Waals surface area contributed by atoms with Gasteiger partial charge in [0.05, 0.1) is 5.69 Å². The van der Waals surface area contributed by atoms with Gasteiger partial charge < -0.3 is 5.73 Å². The van der Waals surface area contributed by atoms with E-state index in [1.165, 1.54) is 4.68 Å². The SMILES string of the molecule is Cn1nc(-c2ccc(Cl)cc2)cc(N)c1=O. The third-order valence-electron chi connectivity index (χ3n) is 2.23. The molecule has 0 atom stereocenters. The zero-order valence-electron chi connectivity index (χ0n) is 8.64. The molecule has 0 aliphatic rings. The van der Waals surface area contributed by atoms with E-state index in [0.717, 1.165) is 5.56 Å². The Morgan fingerprint density at radius 1 is 1.31 bits per heavy atom. The zero-order chi connectivity index (χ0) is 11.7. The van der Waals surface area contributed by atoms with Gasteiger partial charge in [0, 0.05) is 17.6 Å². The monoisotopic (exact) mass is 235 g/mol. The van der Waals surface area contributed by atoms with E-state index in [9.17, 15) is 4.79 Å². The maximum atomic E-state index is 11.4. The summed E-state index contributed by atoms with van der Waals surface area (Å²) in [7, 11) is 1.57. The predicted molar refractivity (Wildman–Crippen MR) is 64.3 cm³/mol. The summed E-state index contributed by atoms with van der Waals surface area (Å²) in [5.74, 6) is 0. The van der Waals surface area contributed by atoms with E-state index in [-0.39, 0.29) is 11.2 Å². The lowest BCUT2D eigenvalue weighted by molar-refractivity contribution is 0.715. The number of hydrogen-bond donors (Lipinski definition) is 1. The Kier molecular flexibility index (Phi) is 2.66. The van der Waals surface area contributed by atoms with Crippen LogP contribution in [0.2, 0.25) is 5.02 Å². The van der Waals surface area contributed by atoms with Gasteiger partial charge in [-0.3, -0.25) is 4.79 Å². The van der Waals surface area contributed by atoms with E-state index in [4.69, 9.17) is 17.3 Å². The lowest BCUT2D eigenvalue weighted by atomic mass is 10.1. The fourth-order valence-corrected chi connectivity index (χ4v) is 1.52. The van der Waals surface area contributed by atoms with Gasteiger partial charge in [-0.05, 0) is 18.2 Å². The summed E-state index contributed by atoms with van der Waals surface area (Å²) >= 11 is 5.79. The van der Waals surface area contributed by atoms with Gasteiger partial charge in [-0.25, -0.2) is 4.68 Å². The minimum atomic E-state index is -0.294. The fourth-order valence-electron chi connectivity index (χ4n) is 1.39. The average molecular weight is 236 g/mol. The average Bonchev–Trinajstić information content (AvgIpc) is 2.26. The number of aromatic nitrogens is 2. The molecule has 2 N–H and O–H groups in total. The van der Waals surface area contributed by atoms with E-state index < -0.39 is 0 Å². The Morgan fingerprint density at radius 3 is 2.50 bits per heavy atom. The first-order valence-electron chi connectivity index (χ1n) is 4.67. The van der Waals surface area contributed by atoms with Crippen LogP contribution in [0, 0.1) is 0 Å². The van der Waals surface area contributed by atoms with Gasteiger partial charge in [0.1, 0.15) is 5.69 Å². The molecular formula is C11H10ClN3O. The van der Waals surface area contributed by atoms with Crippen molar-refractivity contribution in [2.75, 3.05) is 5.73 Å². The molecule has 0 fully saturated rings. The quantitative estimate of drug-likeness (QED) is 0.818. The summed E-state index contributed by atoms with van der Waals surface area (Å²) < 4.78 is 1.22. The number of rotatable bonds is 1. The summed E-state index contributed by atoms with van der Waals surface area (Å²) in [5.41, 5.74) is 6.99. The van der Waals surface area contributed by atoms with E-state index in [1.807, 2.05) is 12.1 Å². The summed E-state index contributed by atoms with van der Waals surface area (Å²) in [6.45, 7) is 0. The molecule has 16 heavy (non-hydrogen) atoms. The normalized spacial score (nSPS) is 10.4. The molecule has 1 heterocycles. The minimum Gasteiger partial charge on any atom is -0.394 e. The Hall–Kier alpha value is -1.81. The molecule has 4 nitrogen and oxygen atoms in total. The van der Waals surface area contributed by atoms with Crippen LogP contribution < -0.4 is 11.3 Å². The standard InChI is InChI=1S/C11H10ClN3O/c1-15-11(16)9(13)6-10(14-15)7-2-4-8(12)5-3-7/h2-6H,13H2,1H3. The third kappa shape index (κ3) is 1.92. The lowest BCUT2D eigenvalue weighted by Crippen LogP contribution is -2.22. The van der Waals surface area contributed by atoms with Crippen LogP contribution in [0.3, 0.4) is 0 Å². The number of anilines is 1. The molecule has 0 amide bonds. The summed E-state index contributed by atoms with van der Waals surface area (Å²) in [6, 6.07) is 8.74. The van der Waals surface area contributed by atoms with Crippen LogP contribution >= 0.6 is 11.6 Å². The smallest absolute Gasteiger partial charge is 0.289 e. The van der Waals surface area contributed by atoms with Crippen molar-refractivity contribution in [1.29, 1.82) is 0 Å². The highest BCUT2D eigenvalue weighted by Gasteiger charge is 2.04. The van der Waals surface area contributed by atoms with Crippen LogP contribution in [0.15, 0.2) is 35.1 Å². The molecule has 5 heteroatoms. The number of halogens is 1. The van der Waals surface area contributed by atoms with Crippen LogP contribution in [0.4, 0.5) is 5.69 Å². The number of aryl methyl sites for hydroxylation is 1. The molecule has 0 saturated heterocycles. The minimum absolute atomic E-state index is 0.183. The third-order valence-corrected chi connectivity index (χ3v) is 2.48. The second-order valence-corrected chi connectivity index (χ2v) is 3.86. The topological polar surface area (TPSA) is 60.9 Å². The Balaban J connectivity index is 2.57. The number of hydrogen-bond acceptors (Lipinski definition) is 3. The molecule has 0 spiro atoms. The van der Waals surface area contributed by atoms with Gasteiger partial charge in [0.25, 0.3) is 5.56 Å². The highest BCUT2D eigenvalue weighted by atomic mass is 35.5.